The number of carboxylic acids is 1. The van der Waals surface area contributed by atoms with Gasteiger partial charge in [-0.2, -0.15) is 0 Å². The molecule has 2 saturated carbocycles. The van der Waals surface area contributed by atoms with Crippen molar-refractivity contribution in [2.75, 3.05) is 12.5 Å². The molecule has 0 spiro atoms. The molecule has 3 aliphatic rings. The van der Waals surface area contributed by atoms with E-state index >= 15 is 4.39 Å². The van der Waals surface area contributed by atoms with E-state index in [1.807, 2.05) is 0 Å². The first-order valence-corrected chi connectivity index (χ1v) is 13.3. The summed E-state index contributed by atoms with van der Waals surface area (Å²) in [6.45, 7) is 12.7. The lowest BCUT2D eigenvalue weighted by molar-refractivity contribution is -0.142. The van der Waals surface area contributed by atoms with Crippen molar-refractivity contribution in [1.29, 1.82) is 0 Å². The summed E-state index contributed by atoms with van der Waals surface area (Å²) in [5, 5.41) is 9.73. The number of aliphatic carboxylic acids is 1. The highest BCUT2D eigenvalue weighted by molar-refractivity contribution is 8.00. The number of halogens is 1. The van der Waals surface area contributed by atoms with E-state index in [4.69, 9.17) is 4.74 Å². The fourth-order valence-corrected chi connectivity index (χ4v) is 6.92. The van der Waals surface area contributed by atoms with Gasteiger partial charge in [-0.25, -0.2) is 9.18 Å². The number of thioether (sulfide) groups is 1. The van der Waals surface area contributed by atoms with Crippen molar-refractivity contribution >= 4 is 23.6 Å². The lowest BCUT2D eigenvalue weighted by Gasteiger charge is -2.40. The van der Waals surface area contributed by atoms with Crippen molar-refractivity contribution in [1.82, 2.24) is 4.90 Å². The van der Waals surface area contributed by atoms with Crippen LogP contribution in [0.2, 0.25) is 0 Å². The molecule has 3 atom stereocenters. The second kappa shape index (κ2) is 9.21. The van der Waals surface area contributed by atoms with E-state index in [-0.39, 0.29) is 22.8 Å². The van der Waals surface area contributed by atoms with Crippen molar-refractivity contribution in [3.63, 3.8) is 0 Å². The Morgan fingerprint density at radius 3 is 2.62 bits per heavy atom. The molecular formula is C27H36FNO4S. The Kier molecular flexibility index (Phi) is 6.80. The number of ether oxygens (including phenoxy) is 1. The van der Waals surface area contributed by atoms with E-state index in [1.54, 1.807) is 19.9 Å². The van der Waals surface area contributed by atoms with Crippen molar-refractivity contribution in [3.05, 3.63) is 41.2 Å². The maximum absolute atomic E-state index is 15.3. The van der Waals surface area contributed by atoms with E-state index in [1.165, 1.54) is 28.3 Å². The zero-order valence-electron chi connectivity index (χ0n) is 20.7. The molecule has 1 aromatic rings. The summed E-state index contributed by atoms with van der Waals surface area (Å²) in [7, 11) is 0. The average molecular weight is 490 g/mol. The number of hydrogen-bond donors (Lipinski definition) is 1. The number of carbonyl (C=O) groups excluding carboxylic acids is 1. The van der Waals surface area contributed by atoms with Crippen molar-refractivity contribution in [2.45, 2.75) is 82.9 Å². The Balaban J connectivity index is 1.60. The molecule has 1 heterocycles. The third-order valence-electron chi connectivity index (χ3n) is 7.72. The molecule has 3 fully saturated rings. The van der Waals surface area contributed by atoms with Crippen molar-refractivity contribution in [2.24, 2.45) is 11.3 Å². The van der Waals surface area contributed by atoms with Crippen LogP contribution in [0.15, 0.2) is 24.3 Å². The Hall–Kier alpha value is -2.02. The first kappa shape index (κ1) is 25.1. The second-order valence-corrected chi connectivity index (χ2v) is 12.7. The molecule has 5 nitrogen and oxygen atoms in total. The normalized spacial score (nSPS) is 28.7. The summed E-state index contributed by atoms with van der Waals surface area (Å²) >= 11 is 1.40. The minimum absolute atomic E-state index is 0.00635. The van der Waals surface area contributed by atoms with Gasteiger partial charge in [0, 0.05) is 16.2 Å². The van der Waals surface area contributed by atoms with Crippen LogP contribution in [0, 0.1) is 17.2 Å². The van der Waals surface area contributed by atoms with Gasteiger partial charge in [0.15, 0.2) is 0 Å². The Morgan fingerprint density at radius 2 is 2.03 bits per heavy atom. The van der Waals surface area contributed by atoms with Crippen LogP contribution >= 0.6 is 11.8 Å². The third kappa shape index (κ3) is 4.86. The molecule has 1 N–H and O–H groups in total. The first-order chi connectivity index (χ1) is 16.0. The fourth-order valence-electron chi connectivity index (χ4n) is 5.79. The lowest BCUT2D eigenvalue weighted by Crippen LogP contribution is -2.48. The van der Waals surface area contributed by atoms with E-state index in [0.29, 0.717) is 18.3 Å². The fraction of sp³-hybridized carbons (Fsp3) is 0.630. The number of nitrogens with zero attached hydrogens (tertiary/aromatic N) is 1. The molecule has 1 aromatic carbocycles. The molecule has 7 heteroatoms. The quantitative estimate of drug-likeness (QED) is 0.460. The minimum atomic E-state index is -1.07. The standard InChI is InChI=1S/C27H36FNO4S/c1-6-27(12-16(2)9-17(3)13-27)14-33-22-11-21(28)20(10-19(22)18-7-8-18)24(30)29-15-34-26(4,5)23(29)25(31)32/h10-11,17-18,23H,2,6-9,12-15H2,1,3-5H3,(H,31,32)/t17?,23-,27?/m1/s1. The maximum atomic E-state index is 15.3. The zero-order valence-corrected chi connectivity index (χ0v) is 21.5. The average Bonchev–Trinajstić information content (AvgIpc) is 3.53. The molecular weight excluding hydrogens is 453 g/mol. The third-order valence-corrected chi connectivity index (χ3v) is 9.09. The van der Waals surface area contributed by atoms with Crippen LogP contribution in [-0.2, 0) is 4.79 Å². The number of allylic oxidation sites excluding steroid dienone is 1. The lowest BCUT2D eigenvalue weighted by atomic mass is 9.67. The molecule has 1 saturated heterocycles. The molecule has 34 heavy (non-hydrogen) atoms. The SMILES string of the molecule is C=C1CC(C)CC(CC)(COc2cc(F)c(C(=O)N3CSC(C)(C)[C@H]3C(=O)O)cc2C2CC2)C1. The Bertz CT molecular complexity index is 1000. The smallest absolute Gasteiger partial charge is 0.327 e. The van der Waals surface area contributed by atoms with Gasteiger partial charge in [0.25, 0.3) is 5.91 Å². The molecule has 2 aliphatic carbocycles. The van der Waals surface area contributed by atoms with Crippen LogP contribution in [0.4, 0.5) is 4.39 Å². The number of carboxylic acid groups (broad SMARTS) is 1. The maximum Gasteiger partial charge on any atom is 0.327 e. The summed E-state index contributed by atoms with van der Waals surface area (Å²) in [4.78, 5) is 26.5. The Labute approximate surface area is 206 Å². The molecule has 1 aliphatic heterocycles. The summed E-state index contributed by atoms with van der Waals surface area (Å²) in [5.74, 6) is -0.762. The van der Waals surface area contributed by atoms with Gasteiger partial charge in [-0.3, -0.25) is 4.79 Å². The van der Waals surface area contributed by atoms with E-state index in [0.717, 1.165) is 44.1 Å². The van der Waals surface area contributed by atoms with Gasteiger partial charge in [-0.15, -0.1) is 11.8 Å². The molecule has 2 unspecified atom stereocenters. The Morgan fingerprint density at radius 1 is 1.32 bits per heavy atom. The van der Waals surface area contributed by atoms with Crippen LogP contribution in [0.1, 0.15) is 88.1 Å². The van der Waals surface area contributed by atoms with Gasteiger partial charge >= 0.3 is 5.97 Å². The van der Waals surface area contributed by atoms with E-state index < -0.39 is 28.5 Å². The monoisotopic (exact) mass is 489 g/mol. The molecule has 1 amide bonds. The van der Waals surface area contributed by atoms with E-state index in [2.05, 4.69) is 20.4 Å². The minimum Gasteiger partial charge on any atom is -0.493 e. The number of amides is 1. The van der Waals surface area contributed by atoms with Crippen LogP contribution in [0.3, 0.4) is 0 Å². The highest BCUT2D eigenvalue weighted by atomic mass is 32.2. The molecule has 0 radical (unpaired) electrons. The van der Waals surface area contributed by atoms with Crippen LogP contribution in [0.5, 0.6) is 5.75 Å². The number of carbonyl (C=O) groups is 2. The summed E-state index contributed by atoms with van der Waals surface area (Å²) in [6, 6.07) is 1.95. The largest absolute Gasteiger partial charge is 0.493 e. The zero-order chi connectivity index (χ0) is 24.8. The van der Waals surface area contributed by atoms with Gasteiger partial charge in [-0.05, 0) is 75.8 Å². The van der Waals surface area contributed by atoms with Crippen molar-refractivity contribution in [3.8, 4) is 5.75 Å². The second-order valence-electron chi connectivity index (χ2n) is 11.1. The van der Waals surface area contributed by atoms with E-state index in [9.17, 15) is 14.7 Å². The van der Waals surface area contributed by atoms with Crippen LogP contribution in [0.25, 0.3) is 0 Å². The molecule has 186 valence electrons. The summed E-state index contributed by atoms with van der Waals surface area (Å²) < 4.78 is 21.0. The van der Waals surface area contributed by atoms with Gasteiger partial charge in [-0.1, -0.05) is 26.0 Å². The van der Waals surface area contributed by atoms with Crippen LogP contribution in [-0.4, -0.2) is 45.2 Å². The number of benzene rings is 1. The molecule has 0 aromatic heterocycles. The molecule has 4 rings (SSSR count). The summed E-state index contributed by atoms with van der Waals surface area (Å²) in [6.07, 6.45) is 5.94. The van der Waals surface area contributed by atoms with Gasteiger partial charge in [0.1, 0.15) is 17.6 Å². The summed E-state index contributed by atoms with van der Waals surface area (Å²) in [5.41, 5.74) is 2.03. The number of hydrogen-bond acceptors (Lipinski definition) is 4. The van der Waals surface area contributed by atoms with Gasteiger partial charge in [0.05, 0.1) is 18.0 Å². The van der Waals surface area contributed by atoms with Crippen molar-refractivity contribution < 1.29 is 23.8 Å². The number of rotatable bonds is 7. The van der Waals surface area contributed by atoms with Gasteiger partial charge < -0.3 is 14.7 Å². The topological polar surface area (TPSA) is 66.8 Å². The highest BCUT2D eigenvalue weighted by Gasteiger charge is 2.49. The predicted molar refractivity (Wildman–Crippen MR) is 133 cm³/mol. The predicted octanol–water partition coefficient (Wildman–Crippen LogP) is 6.23. The first-order valence-electron chi connectivity index (χ1n) is 12.3. The van der Waals surface area contributed by atoms with Crippen LogP contribution < -0.4 is 4.74 Å². The molecule has 0 bridgehead atoms. The highest BCUT2D eigenvalue weighted by Crippen LogP contribution is 2.48. The van der Waals surface area contributed by atoms with Gasteiger partial charge in [0.2, 0.25) is 0 Å².